The summed E-state index contributed by atoms with van der Waals surface area (Å²) in [5.41, 5.74) is 0. The molecule has 0 saturated carbocycles. The summed E-state index contributed by atoms with van der Waals surface area (Å²) in [4.78, 5) is 11.9. The highest BCUT2D eigenvalue weighted by atomic mass is 35.5. The van der Waals surface area contributed by atoms with Crippen molar-refractivity contribution in [3.05, 3.63) is 5.28 Å². The van der Waals surface area contributed by atoms with Gasteiger partial charge in [0.2, 0.25) is 5.28 Å². The average Bonchev–Trinajstić information content (AvgIpc) is 2.14. The molecule has 0 aliphatic heterocycles. The van der Waals surface area contributed by atoms with Crippen LogP contribution < -0.4 is 4.74 Å². The van der Waals surface area contributed by atoms with Crippen LogP contribution in [0.3, 0.4) is 0 Å². The lowest BCUT2D eigenvalue weighted by Crippen LogP contribution is -2.02. The molecule has 14 heavy (non-hydrogen) atoms. The minimum Gasteiger partial charge on any atom is -0.463 e. The normalized spacial score (nSPS) is 10.2. The fraction of sp³-hybridized carbons (Fsp3) is 0.625. The molecule has 0 aliphatic carbocycles. The summed E-state index contributed by atoms with van der Waals surface area (Å²) < 4.78 is 5.26. The van der Waals surface area contributed by atoms with E-state index in [0.717, 1.165) is 12.2 Å². The zero-order valence-electron chi connectivity index (χ0n) is 8.16. The van der Waals surface area contributed by atoms with Crippen LogP contribution in [0.25, 0.3) is 0 Å². The van der Waals surface area contributed by atoms with Gasteiger partial charge in [-0.05, 0) is 23.8 Å². The van der Waals surface area contributed by atoms with E-state index in [1.165, 1.54) is 11.8 Å². The van der Waals surface area contributed by atoms with Gasteiger partial charge >= 0.3 is 6.01 Å². The van der Waals surface area contributed by atoms with Crippen molar-refractivity contribution in [1.82, 2.24) is 15.0 Å². The number of ether oxygens (including phenoxy) is 1. The number of hydrogen-bond donors (Lipinski definition) is 0. The molecule has 0 amide bonds. The van der Waals surface area contributed by atoms with Crippen LogP contribution in [0, 0.1) is 0 Å². The largest absolute Gasteiger partial charge is 0.463 e. The van der Waals surface area contributed by atoms with E-state index < -0.39 is 0 Å². The Morgan fingerprint density at radius 2 is 2.07 bits per heavy atom. The lowest BCUT2D eigenvalue weighted by atomic mass is 10.5. The molecule has 0 atom stereocenters. The molecule has 1 rings (SSSR count). The van der Waals surface area contributed by atoms with Gasteiger partial charge in [-0.25, -0.2) is 0 Å². The van der Waals surface area contributed by atoms with Crippen molar-refractivity contribution in [2.45, 2.75) is 25.4 Å². The number of halogens is 1. The van der Waals surface area contributed by atoms with Crippen LogP contribution in [0.4, 0.5) is 0 Å². The average molecular weight is 234 g/mol. The molecule has 0 aromatic carbocycles. The lowest BCUT2D eigenvalue weighted by molar-refractivity contribution is 0.288. The maximum absolute atomic E-state index is 5.71. The molecule has 0 unspecified atom stereocenters. The molecule has 1 heterocycles. The molecule has 0 spiro atoms. The second-order valence-electron chi connectivity index (χ2n) is 2.45. The van der Waals surface area contributed by atoms with Gasteiger partial charge in [-0.2, -0.15) is 15.0 Å². The highest BCUT2D eigenvalue weighted by Crippen LogP contribution is 2.16. The molecule has 0 radical (unpaired) electrons. The fourth-order valence-electron chi connectivity index (χ4n) is 0.766. The minimum atomic E-state index is 0.182. The van der Waals surface area contributed by atoms with Gasteiger partial charge in [0.05, 0.1) is 6.61 Å². The molecule has 6 heteroatoms. The number of thioether (sulfide) groups is 1. The van der Waals surface area contributed by atoms with E-state index in [0.29, 0.717) is 17.8 Å². The highest BCUT2D eigenvalue weighted by Gasteiger charge is 2.05. The Labute approximate surface area is 92.5 Å². The van der Waals surface area contributed by atoms with E-state index in [1.807, 2.05) is 13.8 Å². The number of hydrogen-bond acceptors (Lipinski definition) is 5. The molecule has 1 aromatic heterocycles. The molecule has 1 aromatic rings. The van der Waals surface area contributed by atoms with Gasteiger partial charge in [0.25, 0.3) is 0 Å². The Kier molecular flexibility index (Phi) is 4.97. The molecule has 0 fully saturated rings. The molecular weight excluding hydrogens is 222 g/mol. The topological polar surface area (TPSA) is 47.9 Å². The van der Waals surface area contributed by atoms with E-state index in [-0.39, 0.29) is 5.28 Å². The van der Waals surface area contributed by atoms with Crippen LogP contribution >= 0.6 is 23.4 Å². The van der Waals surface area contributed by atoms with Crippen LogP contribution in [-0.4, -0.2) is 27.3 Å². The standard InChI is InChI=1S/C8H12ClN3OS/c1-3-5-13-7-10-6(9)11-8(12-7)14-4-2/h3-5H2,1-2H3. The van der Waals surface area contributed by atoms with E-state index >= 15 is 0 Å². The number of nitrogens with zero attached hydrogens (tertiary/aromatic N) is 3. The smallest absolute Gasteiger partial charge is 0.321 e. The van der Waals surface area contributed by atoms with Crippen LogP contribution in [0.1, 0.15) is 20.3 Å². The molecule has 0 N–H and O–H groups in total. The SMILES string of the molecule is CCCOc1nc(Cl)nc(SCC)n1. The van der Waals surface area contributed by atoms with Gasteiger partial charge in [0.15, 0.2) is 5.16 Å². The van der Waals surface area contributed by atoms with Gasteiger partial charge in [-0.3, -0.25) is 0 Å². The quantitative estimate of drug-likeness (QED) is 0.731. The molecule has 4 nitrogen and oxygen atoms in total. The van der Waals surface area contributed by atoms with Crippen molar-refractivity contribution in [1.29, 1.82) is 0 Å². The van der Waals surface area contributed by atoms with Crippen LogP contribution in [0.5, 0.6) is 6.01 Å². The van der Waals surface area contributed by atoms with Crippen molar-refractivity contribution in [3.63, 3.8) is 0 Å². The van der Waals surface area contributed by atoms with Crippen molar-refractivity contribution in [2.75, 3.05) is 12.4 Å². The lowest BCUT2D eigenvalue weighted by Gasteiger charge is -2.03. The second kappa shape index (κ2) is 6.03. The summed E-state index contributed by atoms with van der Waals surface area (Å²) in [7, 11) is 0. The Balaban J connectivity index is 2.73. The first-order chi connectivity index (χ1) is 6.76. The first-order valence-electron chi connectivity index (χ1n) is 4.43. The Bertz CT molecular complexity index is 298. The Hall–Kier alpha value is -0.550. The third-order valence-corrected chi connectivity index (χ3v) is 2.17. The molecule has 0 bridgehead atoms. The first-order valence-corrected chi connectivity index (χ1v) is 5.79. The molecule has 78 valence electrons. The summed E-state index contributed by atoms with van der Waals surface area (Å²) in [6.45, 7) is 4.63. The third kappa shape index (κ3) is 3.67. The Morgan fingerprint density at radius 3 is 2.71 bits per heavy atom. The summed E-state index contributed by atoms with van der Waals surface area (Å²) >= 11 is 7.22. The number of rotatable bonds is 5. The predicted molar refractivity (Wildman–Crippen MR) is 57.0 cm³/mol. The van der Waals surface area contributed by atoms with E-state index in [9.17, 15) is 0 Å². The first kappa shape index (κ1) is 11.5. The van der Waals surface area contributed by atoms with Gasteiger partial charge in [-0.15, -0.1) is 0 Å². The Morgan fingerprint density at radius 1 is 1.29 bits per heavy atom. The monoisotopic (exact) mass is 233 g/mol. The highest BCUT2D eigenvalue weighted by molar-refractivity contribution is 7.99. The third-order valence-electron chi connectivity index (χ3n) is 1.28. The van der Waals surface area contributed by atoms with Crippen molar-refractivity contribution in [3.8, 4) is 6.01 Å². The summed E-state index contributed by atoms with van der Waals surface area (Å²) in [5, 5.41) is 0.792. The summed E-state index contributed by atoms with van der Waals surface area (Å²) in [5.74, 6) is 0.896. The minimum absolute atomic E-state index is 0.182. The molecule has 0 saturated heterocycles. The fourth-order valence-corrected chi connectivity index (χ4v) is 1.52. The number of aromatic nitrogens is 3. The zero-order chi connectivity index (χ0) is 10.4. The zero-order valence-corrected chi connectivity index (χ0v) is 9.73. The van der Waals surface area contributed by atoms with Crippen LogP contribution in [0.15, 0.2) is 5.16 Å². The predicted octanol–water partition coefficient (Wildman–Crippen LogP) is 2.43. The van der Waals surface area contributed by atoms with Crippen molar-refractivity contribution < 1.29 is 4.74 Å². The maximum atomic E-state index is 5.71. The molecular formula is C8H12ClN3OS. The summed E-state index contributed by atoms with van der Waals surface area (Å²) in [6.07, 6.45) is 0.916. The molecule has 0 aliphatic rings. The van der Waals surface area contributed by atoms with E-state index in [2.05, 4.69) is 15.0 Å². The van der Waals surface area contributed by atoms with Crippen LogP contribution in [0.2, 0.25) is 5.28 Å². The van der Waals surface area contributed by atoms with E-state index in [1.54, 1.807) is 0 Å². The van der Waals surface area contributed by atoms with E-state index in [4.69, 9.17) is 16.3 Å². The summed E-state index contributed by atoms with van der Waals surface area (Å²) in [6, 6.07) is 0.308. The van der Waals surface area contributed by atoms with Gasteiger partial charge < -0.3 is 4.74 Å². The van der Waals surface area contributed by atoms with Crippen molar-refractivity contribution in [2.24, 2.45) is 0 Å². The van der Waals surface area contributed by atoms with Crippen molar-refractivity contribution >= 4 is 23.4 Å². The van der Waals surface area contributed by atoms with Crippen LogP contribution in [-0.2, 0) is 0 Å². The van der Waals surface area contributed by atoms with Gasteiger partial charge in [0.1, 0.15) is 0 Å². The second-order valence-corrected chi connectivity index (χ2v) is 4.02. The van der Waals surface area contributed by atoms with Gasteiger partial charge in [-0.1, -0.05) is 25.6 Å². The maximum Gasteiger partial charge on any atom is 0.321 e. The van der Waals surface area contributed by atoms with Gasteiger partial charge in [0, 0.05) is 0 Å².